The molecule has 0 bridgehead atoms. The molecule has 2 aromatic carbocycles. The summed E-state index contributed by atoms with van der Waals surface area (Å²) in [7, 11) is 3.18. The van der Waals surface area contributed by atoms with Crippen LogP contribution in [-0.4, -0.2) is 30.6 Å². The van der Waals surface area contributed by atoms with Crippen LogP contribution in [0.15, 0.2) is 75.7 Å². The summed E-state index contributed by atoms with van der Waals surface area (Å²) in [5.74, 6) is 0. The van der Waals surface area contributed by atoms with E-state index in [0.29, 0.717) is 0 Å². The monoisotopic (exact) mass is 477 g/mol. The predicted octanol–water partition coefficient (Wildman–Crippen LogP) is 5.79. The number of benzene rings is 2. The zero-order valence-corrected chi connectivity index (χ0v) is 19.2. The van der Waals surface area contributed by atoms with Crippen LogP contribution in [-0.2, 0) is 22.5 Å². The second-order valence-corrected chi connectivity index (χ2v) is 8.13. The van der Waals surface area contributed by atoms with Crippen LogP contribution in [0.5, 0.6) is 0 Å². The van der Waals surface area contributed by atoms with Crippen molar-refractivity contribution in [3.63, 3.8) is 0 Å². The maximum Gasteiger partial charge on any atom is 0.106 e. The Kier molecular flexibility index (Phi) is 6.77. The minimum Gasteiger partial charge on any atom is -0.399 e. The Morgan fingerprint density at radius 3 is 2.00 bits per heavy atom. The molecule has 0 fully saturated rings. The first-order valence-electron chi connectivity index (χ1n) is 10.2. The summed E-state index contributed by atoms with van der Waals surface area (Å²) in [6, 6.07) is 16.6. The third-order valence-corrected chi connectivity index (χ3v) is 6.26. The molecular weight excluding hydrogens is 454 g/mol. The summed E-state index contributed by atoms with van der Waals surface area (Å²) in [4.78, 5) is 13.9. The Morgan fingerprint density at radius 1 is 0.742 bits per heavy atom. The molecule has 0 saturated heterocycles. The number of nitrogens with zero attached hydrogens (tertiary/aromatic N) is 3. The van der Waals surface area contributed by atoms with Gasteiger partial charge in [-0.3, -0.25) is 4.98 Å². The summed E-state index contributed by atoms with van der Waals surface area (Å²) >= 11 is 3.53. The average Bonchev–Trinajstić information content (AvgIpc) is 3.41. The second-order valence-electron chi connectivity index (χ2n) is 7.28. The minimum atomic E-state index is 0.945. The zero-order chi connectivity index (χ0) is 21.6. The van der Waals surface area contributed by atoms with Crippen molar-refractivity contribution in [2.45, 2.75) is 25.7 Å². The van der Waals surface area contributed by atoms with Crippen molar-refractivity contribution in [2.75, 3.05) is 14.2 Å². The number of oxime groups is 2. The quantitative estimate of drug-likeness (QED) is 0.448. The van der Waals surface area contributed by atoms with E-state index in [2.05, 4.69) is 67.6 Å². The van der Waals surface area contributed by atoms with Crippen molar-refractivity contribution in [3.05, 3.63) is 87.7 Å². The maximum absolute atomic E-state index is 4.90. The third-order valence-electron chi connectivity index (χ3n) is 5.52. The van der Waals surface area contributed by atoms with Crippen molar-refractivity contribution < 1.29 is 9.68 Å². The predicted molar refractivity (Wildman–Crippen MR) is 128 cm³/mol. The molecule has 158 valence electrons. The number of hydrogen-bond donors (Lipinski definition) is 0. The SMILES string of the molecule is CON=C1CCc2c(Br)cccc21.CON=C1CCc2c1cccc2-c1cccnc1. The first-order chi connectivity index (χ1) is 15.2. The molecule has 1 aromatic heterocycles. The zero-order valence-electron chi connectivity index (χ0n) is 17.6. The van der Waals surface area contributed by atoms with Crippen LogP contribution in [0.1, 0.15) is 35.1 Å². The standard InChI is InChI=1S/C15H14N2O.C10H10BrNO/c1-18-17-15-8-7-13-12(5-2-6-14(13)15)11-4-3-9-16-10-11;1-13-12-10-6-5-7-8(10)3-2-4-9(7)11/h2-6,9-10H,7-8H2,1H3;2-4H,5-6H2,1H3. The molecule has 5 rings (SSSR count). The number of hydrogen-bond acceptors (Lipinski definition) is 5. The van der Waals surface area contributed by atoms with E-state index in [1.54, 1.807) is 20.4 Å². The van der Waals surface area contributed by atoms with E-state index in [1.165, 1.54) is 32.3 Å². The van der Waals surface area contributed by atoms with Gasteiger partial charge in [0.25, 0.3) is 0 Å². The molecule has 2 aliphatic rings. The van der Waals surface area contributed by atoms with E-state index in [9.17, 15) is 0 Å². The van der Waals surface area contributed by atoms with E-state index in [0.717, 1.165) is 42.7 Å². The summed E-state index contributed by atoms with van der Waals surface area (Å²) in [5, 5.41) is 8.10. The van der Waals surface area contributed by atoms with Crippen molar-refractivity contribution in [3.8, 4) is 11.1 Å². The highest BCUT2D eigenvalue weighted by molar-refractivity contribution is 9.10. The molecule has 31 heavy (non-hydrogen) atoms. The second kappa shape index (κ2) is 9.88. The molecule has 0 aliphatic heterocycles. The van der Waals surface area contributed by atoms with Crippen molar-refractivity contribution in [2.24, 2.45) is 10.3 Å². The molecule has 2 aliphatic carbocycles. The molecule has 0 saturated carbocycles. The lowest BCUT2D eigenvalue weighted by molar-refractivity contribution is 0.213. The van der Waals surface area contributed by atoms with Gasteiger partial charge in [0.05, 0.1) is 11.4 Å². The van der Waals surface area contributed by atoms with Gasteiger partial charge < -0.3 is 9.68 Å². The topological polar surface area (TPSA) is 56.1 Å². The molecule has 6 heteroatoms. The van der Waals surface area contributed by atoms with E-state index >= 15 is 0 Å². The fourth-order valence-electron chi connectivity index (χ4n) is 4.17. The van der Waals surface area contributed by atoms with Gasteiger partial charge >= 0.3 is 0 Å². The molecule has 1 heterocycles. The Bertz CT molecular complexity index is 1130. The molecule has 0 radical (unpaired) electrons. The number of rotatable bonds is 3. The van der Waals surface area contributed by atoms with Crippen molar-refractivity contribution >= 4 is 27.4 Å². The molecule has 0 spiro atoms. The Balaban J connectivity index is 0.000000158. The average molecular weight is 478 g/mol. The van der Waals surface area contributed by atoms with Gasteiger partial charge in [0.1, 0.15) is 14.2 Å². The molecule has 5 nitrogen and oxygen atoms in total. The van der Waals surface area contributed by atoms with Gasteiger partial charge in [0.2, 0.25) is 0 Å². The number of halogens is 1. The Hall–Kier alpha value is -2.99. The highest BCUT2D eigenvalue weighted by atomic mass is 79.9. The minimum absolute atomic E-state index is 0.945. The number of fused-ring (bicyclic) bond motifs is 2. The van der Waals surface area contributed by atoms with Crippen LogP contribution >= 0.6 is 15.9 Å². The fourth-order valence-corrected chi connectivity index (χ4v) is 4.73. The van der Waals surface area contributed by atoms with Crippen molar-refractivity contribution in [1.82, 2.24) is 4.98 Å². The molecule has 0 atom stereocenters. The normalized spacial score (nSPS) is 16.5. The van der Waals surface area contributed by atoms with E-state index in [1.807, 2.05) is 18.3 Å². The summed E-state index contributed by atoms with van der Waals surface area (Å²) in [6.45, 7) is 0. The largest absolute Gasteiger partial charge is 0.399 e. The smallest absolute Gasteiger partial charge is 0.106 e. The highest BCUT2D eigenvalue weighted by Crippen LogP contribution is 2.32. The van der Waals surface area contributed by atoms with Crippen LogP contribution < -0.4 is 0 Å². The van der Waals surface area contributed by atoms with E-state index in [-0.39, 0.29) is 0 Å². The van der Waals surface area contributed by atoms with Crippen LogP contribution in [0, 0.1) is 0 Å². The van der Waals surface area contributed by atoms with Crippen LogP contribution in [0.2, 0.25) is 0 Å². The van der Waals surface area contributed by atoms with E-state index in [4.69, 9.17) is 9.68 Å². The molecular formula is C25H24BrN3O2. The van der Waals surface area contributed by atoms with Gasteiger partial charge in [-0.05, 0) is 54.5 Å². The van der Waals surface area contributed by atoms with Gasteiger partial charge in [-0.25, -0.2) is 0 Å². The van der Waals surface area contributed by atoms with Gasteiger partial charge in [-0.1, -0.05) is 62.6 Å². The van der Waals surface area contributed by atoms with Gasteiger partial charge in [0, 0.05) is 33.6 Å². The summed E-state index contributed by atoms with van der Waals surface area (Å²) < 4.78 is 1.17. The lowest BCUT2D eigenvalue weighted by Crippen LogP contribution is -1.95. The third kappa shape index (κ3) is 4.54. The first kappa shape index (κ1) is 21.2. The molecule has 0 amide bonds. The lowest BCUT2D eigenvalue weighted by Gasteiger charge is -2.07. The molecule has 3 aromatic rings. The van der Waals surface area contributed by atoms with Crippen LogP contribution in [0.25, 0.3) is 11.1 Å². The van der Waals surface area contributed by atoms with Crippen LogP contribution in [0.3, 0.4) is 0 Å². The van der Waals surface area contributed by atoms with Crippen LogP contribution in [0.4, 0.5) is 0 Å². The number of pyridine rings is 1. The lowest BCUT2D eigenvalue weighted by atomic mass is 9.98. The molecule has 0 N–H and O–H groups in total. The first-order valence-corrected chi connectivity index (χ1v) is 11.0. The summed E-state index contributed by atoms with van der Waals surface area (Å²) in [6.07, 6.45) is 7.69. The fraction of sp³-hybridized carbons (Fsp3) is 0.240. The number of aromatic nitrogens is 1. The summed E-state index contributed by atoms with van der Waals surface area (Å²) in [5.41, 5.74) is 9.63. The van der Waals surface area contributed by atoms with Gasteiger partial charge in [-0.2, -0.15) is 0 Å². The maximum atomic E-state index is 4.90. The Morgan fingerprint density at radius 2 is 1.35 bits per heavy atom. The van der Waals surface area contributed by atoms with Gasteiger partial charge in [-0.15, -0.1) is 0 Å². The van der Waals surface area contributed by atoms with Gasteiger partial charge in [0.15, 0.2) is 0 Å². The van der Waals surface area contributed by atoms with Crippen molar-refractivity contribution in [1.29, 1.82) is 0 Å². The molecule has 0 unspecified atom stereocenters. The van der Waals surface area contributed by atoms with E-state index < -0.39 is 0 Å². The highest BCUT2D eigenvalue weighted by Gasteiger charge is 2.21. The Labute approximate surface area is 190 Å².